The zero-order valence-electron chi connectivity index (χ0n) is 10.5. The molecule has 3 heterocycles. The van der Waals surface area contributed by atoms with E-state index in [2.05, 4.69) is 15.0 Å². The summed E-state index contributed by atoms with van der Waals surface area (Å²) in [6, 6.07) is 0. The van der Waals surface area contributed by atoms with Gasteiger partial charge in [-0.1, -0.05) is 12.2 Å². The van der Waals surface area contributed by atoms with Gasteiger partial charge in [0, 0.05) is 0 Å². The molecule has 8 nitrogen and oxygen atoms in total. The Labute approximate surface area is 118 Å². The number of aliphatic hydroxyl groups excluding tert-OH is 3. The van der Waals surface area contributed by atoms with Gasteiger partial charge in [-0.2, -0.15) is 0 Å². The highest BCUT2D eigenvalue weighted by molar-refractivity contribution is 7.71. The van der Waals surface area contributed by atoms with Gasteiger partial charge in [0.15, 0.2) is 10.9 Å². The molecule has 0 radical (unpaired) electrons. The lowest BCUT2D eigenvalue weighted by Crippen LogP contribution is -2.54. The minimum absolute atomic E-state index is 0.330. The van der Waals surface area contributed by atoms with Crippen molar-refractivity contribution in [2.45, 2.75) is 37.6 Å². The molecule has 0 aromatic carbocycles. The van der Waals surface area contributed by atoms with E-state index in [0.29, 0.717) is 15.8 Å². The highest BCUT2D eigenvalue weighted by Crippen LogP contribution is 2.29. The number of rotatable bonds is 1. The van der Waals surface area contributed by atoms with Crippen LogP contribution in [-0.2, 0) is 4.74 Å². The van der Waals surface area contributed by atoms with Crippen molar-refractivity contribution in [3.63, 3.8) is 0 Å². The molecule has 1 saturated heterocycles. The zero-order valence-corrected chi connectivity index (χ0v) is 11.4. The van der Waals surface area contributed by atoms with E-state index in [-0.39, 0.29) is 0 Å². The van der Waals surface area contributed by atoms with Crippen molar-refractivity contribution in [1.82, 2.24) is 19.5 Å². The van der Waals surface area contributed by atoms with Gasteiger partial charge in [-0.25, -0.2) is 9.97 Å². The van der Waals surface area contributed by atoms with E-state index in [1.54, 1.807) is 6.92 Å². The maximum atomic E-state index is 10.1. The van der Waals surface area contributed by atoms with Crippen LogP contribution in [0.2, 0.25) is 0 Å². The highest BCUT2D eigenvalue weighted by atomic mass is 32.1. The van der Waals surface area contributed by atoms with Crippen molar-refractivity contribution in [2.24, 2.45) is 0 Å². The third-order valence-corrected chi connectivity index (χ3v) is 3.78. The highest BCUT2D eigenvalue weighted by Gasteiger charge is 2.43. The van der Waals surface area contributed by atoms with Crippen molar-refractivity contribution in [2.75, 3.05) is 0 Å². The summed E-state index contributed by atoms with van der Waals surface area (Å²) in [5, 5.41) is 29.6. The molecule has 5 atom stereocenters. The molecule has 3 rings (SSSR count). The number of hydrogen-bond donors (Lipinski definition) is 4. The molecule has 108 valence electrons. The first-order valence-corrected chi connectivity index (χ1v) is 6.51. The van der Waals surface area contributed by atoms with Crippen LogP contribution in [0.5, 0.6) is 0 Å². The van der Waals surface area contributed by atoms with Crippen LogP contribution in [0.3, 0.4) is 0 Å². The fourth-order valence-electron chi connectivity index (χ4n) is 2.33. The molecule has 2 aromatic rings. The van der Waals surface area contributed by atoms with Gasteiger partial charge in [0.05, 0.1) is 18.8 Å². The third-order valence-electron chi connectivity index (χ3n) is 3.48. The SMILES string of the molecule is C[C@H]1O[C@@H](n2cnc3c(=S)nc[nH]c32)[C@@H](O)[C@@H](O)[C@H]1O. The molecule has 4 N–H and O–H groups in total. The molecule has 1 fully saturated rings. The molecule has 1 aliphatic rings. The van der Waals surface area contributed by atoms with Crippen molar-refractivity contribution < 1.29 is 20.1 Å². The maximum absolute atomic E-state index is 10.1. The Bertz CT molecular complexity index is 686. The van der Waals surface area contributed by atoms with E-state index in [4.69, 9.17) is 17.0 Å². The third kappa shape index (κ3) is 1.95. The number of ether oxygens (including phenoxy) is 1. The number of hydrogen-bond acceptors (Lipinski definition) is 7. The van der Waals surface area contributed by atoms with Crippen molar-refractivity contribution in [3.05, 3.63) is 17.3 Å². The monoisotopic (exact) mass is 298 g/mol. The lowest BCUT2D eigenvalue weighted by Gasteiger charge is -2.39. The molecule has 9 heteroatoms. The van der Waals surface area contributed by atoms with E-state index in [1.807, 2.05) is 0 Å². The van der Waals surface area contributed by atoms with Crippen LogP contribution in [-0.4, -0.2) is 59.3 Å². The van der Waals surface area contributed by atoms with E-state index < -0.39 is 30.6 Å². The van der Waals surface area contributed by atoms with Crippen LogP contribution in [0.1, 0.15) is 13.2 Å². The van der Waals surface area contributed by atoms with Gasteiger partial charge in [-0.05, 0) is 6.92 Å². The molecule has 20 heavy (non-hydrogen) atoms. The Morgan fingerprint density at radius 1 is 1.25 bits per heavy atom. The quantitative estimate of drug-likeness (QED) is 0.524. The Morgan fingerprint density at radius 2 is 2.00 bits per heavy atom. The molecule has 0 spiro atoms. The second kappa shape index (κ2) is 4.86. The van der Waals surface area contributed by atoms with Gasteiger partial charge in [0.1, 0.15) is 29.5 Å². The van der Waals surface area contributed by atoms with E-state index >= 15 is 0 Å². The van der Waals surface area contributed by atoms with E-state index in [0.717, 1.165) is 0 Å². The lowest BCUT2D eigenvalue weighted by atomic mass is 9.99. The Kier molecular flexibility index (Phi) is 3.30. The van der Waals surface area contributed by atoms with Gasteiger partial charge in [0.2, 0.25) is 0 Å². The number of aliphatic hydroxyl groups is 3. The smallest absolute Gasteiger partial charge is 0.165 e. The standard InChI is InChI=1S/C11H14N4O4S/c1-4-6(16)7(17)8(18)11(19-4)15-3-14-5-9(15)12-2-13-10(5)20/h2-4,6-8,11,16-18H,1H3,(H,12,13,20)/t4-,6+,7+,8+,11-/m1/s1. The average Bonchev–Trinajstić information content (AvgIpc) is 2.86. The second-order valence-corrected chi connectivity index (χ2v) is 5.15. The minimum Gasteiger partial charge on any atom is -0.388 e. The van der Waals surface area contributed by atoms with Crippen LogP contribution in [0.15, 0.2) is 12.7 Å². The zero-order chi connectivity index (χ0) is 14.4. The second-order valence-electron chi connectivity index (χ2n) is 4.76. The summed E-state index contributed by atoms with van der Waals surface area (Å²) >= 11 is 5.06. The summed E-state index contributed by atoms with van der Waals surface area (Å²) in [4.78, 5) is 10.9. The van der Waals surface area contributed by atoms with E-state index in [9.17, 15) is 15.3 Å². The molecule has 0 amide bonds. The summed E-state index contributed by atoms with van der Waals surface area (Å²) < 4.78 is 7.42. The van der Waals surface area contributed by atoms with Crippen LogP contribution < -0.4 is 0 Å². The number of nitrogens with one attached hydrogen (secondary N) is 1. The first-order chi connectivity index (χ1) is 9.50. The van der Waals surface area contributed by atoms with Gasteiger partial charge in [-0.15, -0.1) is 0 Å². The normalized spacial score (nSPS) is 34.5. The van der Waals surface area contributed by atoms with Crippen molar-refractivity contribution >= 4 is 23.4 Å². The maximum Gasteiger partial charge on any atom is 0.165 e. The topological polar surface area (TPSA) is 116 Å². The minimum atomic E-state index is -1.30. The molecular formula is C11H14N4O4S. The fraction of sp³-hybridized carbons (Fsp3) is 0.545. The number of aromatic amines is 1. The largest absolute Gasteiger partial charge is 0.388 e. The van der Waals surface area contributed by atoms with Gasteiger partial charge in [0.25, 0.3) is 0 Å². The van der Waals surface area contributed by atoms with Crippen molar-refractivity contribution in [1.29, 1.82) is 0 Å². The molecule has 0 saturated carbocycles. The Balaban J connectivity index is 2.07. The number of H-pyrrole nitrogens is 1. The molecule has 0 unspecified atom stereocenters. The predicted octanol–water partition coefficient (Wildman–Crippen LogP) is -0.511. The summed E-state index contributed by atoms with van der Waals surface area (Å²) in [5.74, 6) is 0. The molecule has 0 aliphatic carbocycles. The fourth-order valence-corrected chi connectivity index (χ4v) is 2.53. The van der Waals surface area contributed by atoms with Gasteiger partial charge < -0.3 is 25.0 Å². The average molecular weight is 298 g/mol. The number of nitrogens with zero attached hydrogens (tertiary/aromatic N) is 3. The summed E-state index contributed by atoms with van der Waals surface area (Å²) in [5.41, 5.74) is 1.01. The number of imidazole rings is 1. The Morgan fingerprint density at radius 3 is 2.75 bits per heavy atom. The van der Waals surface area contributed by atoms with Crippen molar-refractivity contribution in [3.8, 4) is 0 Å². The van der Waals surface area contributed by atoms with Crippen LogP contribution >= 0.6 is 12.2 Å². The first kappa shape index (κ1) is 13.6. The predicted molar refractivity (Wildman–Crippen MR) is 70.3 cm³/mol. The van der Waals surface area contributed by atoms with Crippen LogP contribution in [0, 0.1) is 4.64 Å². The van der Waals surface area contributed by atoms with Crippen LogP contribution in [0.4, 0.5) is 0 Å². The summed E-state index contributed by atoms with van der Waals surface area (Å²) in [6.07, 6.45) is -2.35. The summed E-state index contributed by atoms with van der Waals surface area (Å²) in [6.45, 7) is 1.62. The van der Waals surface area contributed by atoms with Gasteiger partial charge >= 0.3 is 0 Å². The molecule has 0 bridgehead atoms. The lowest BCUT2D eigenvalue weighted by molar-refractivity contribution is -0.239. The molecule has 2 aromatic heterocycles. The molecular weight excluding hydrogens is 284 g/mol. The van der Waals surface area contributed by atoms with Gasteiger partial charge in [-0.3, -0.25) is 4.57 Å². The molecule has 1 aliphatic heterocycles. The first-order valence-electron chi connectivity index (χ1n) is 6.10. The van der Waals surface area contributed by atoms with E-state index in [1.165, 1.54) is 17.2 Å². The number of fused-ring (bicyclic) bond motifs is 1. The van der Waals surface area contributed by atoms with Crippen LogP contribution in [0.25, 0.3) is 11.2 Å². The summed E-state index contributed by atoms with van der Waals surface area (Å²) in [7, 11) is 0. The Hall–Kier alpha value is -1.39. The number of aromatic nitrogens is 4.